The molecule has 0 saturated heterocycles. The van der Waals surface area contributed by atoms with E-state index in [0.29, 0.717) is 0 Å². The van der Waals surface area contributed by atoms with Crippen LogP contribution in [-0.4, -0.2) is 74.6 Å². The molecule has 4 aromatic heterocycles. The summed E-state index contributed by atoms with van der Waals surface area (Å²) in [5.41, 5.74) is 3.72. The van der Waals surface area contributed by atoms with Gasteiger partial charge < -0.3 is 9.47 Å². The van der Waals surface area contributed by atoms with Gasteiger partial charge in [-0.25, -0.2) is 9.59 Å². The molecular weight excluding hydrogens is 1120 g/mol. The molecule has 4 heterocycles. The van der Waals surface area contributed by atoms with E-state index in [1.165, 1.54) is 60.1 Å². The lowest BCUT2D eigenvalue weighted by Gasteiger charge is -2.22. The molecule has 0 bridgehead atoms. The van der Waals surface area contributed by atoms with Gasteiger partial charge in [-0.15, -0.1) is 50.9 Å². The van der Waals surface area contributed by atoms with Gasteiger partial charge in [-0.3, -0.25) is 0 Å². The molecule has 5 aromatic rings. The van der Waals surface area contributed by atoms with E-state index in [2.05, 4.69) is 203 Å². The third kappa shape index (κ3) is 13.4. The Balaban J connectivity index is 0.000000261. The molecule has 0 saturated carbocycles. The van der Waals surface area contributed by atoms with Crippen molar-refractivity contribution < 1.29 is 19.1 Å². The lowest BCUT2D eigenvalue weighted by molar-refractivity contribution is -0.133. The SMILES string of the molecule is COC(=O)C#C[Si](C)(C)C.COC(=O)c1c([Si](C)(C)C)c2cc([Si](C)(C)C)sc2c2sc([Si](C)(C)C)cc12.C[Si](C)(C)c1cc(I)c(-c2sc([Si](C)(C)C)cc2I)s1. The minimum Gasteiger partial charge on any atom is -0.465 e. The van der Waals surface area contributed by atoms with Crippen LogP contribution in [0, 0.1) is 18.6 Å². The number of benzene rings is 1. The Bertz CT molecular complexity index is 2300. The molecule has 0 unspecified atom stereocenters. The molecule has 4 nitrogen and oxygen atoms in total. The second-order valence-corrected chi connectivity index (χ2v) is 58.7. The lowest BCUT2D eigenvalue weighted by atomic mass is 10.1. The number of rotatable bonds is 7. The van der Waals surface area contributed by atoms with E-state index in [4.69, 9.17) is 4.74 Å². The Kier molecular flexibility index (Phi) is 17.3. The van der Waals surface area contributed by atoms with Gasteiger partial charge in [0.1, 0.15) is 8.07 Å². The molecule has 0 amide bonds. The van der Waals surface area contributed by atoms with E-state index in [1.807, 2.05) is 45.3 Å². The van der Waals surface area contributed by atoms with Crippen molar-refractivity contribution in [1.82, 2.24) is 0 Å². The highest BCUT2D eigenvalue weighted by atomic mass is 127. The summed E-state index contributed by atoms with van der Waals surface area (Å²) in [6, 6.07) is 9.59. The van der Waals surface area contributed by atoms with Gasteiger partial charge in [-0.1, -0.05) is 118 Å². The molecule has 16 heteroatoms. The normalized spacial score (nSPS) is 12.7. The van der Waals surface area contributed by atoms with Crippen LogP contribution in [0.4, 0.5) is 0 Å². The zero-order chi connectivity index (χ0) is 44.7. The van der Waals surface area contributed by atoms with Crippen molar-refractivity contribution in [2.45, 2.75) is 118 Å². The summed E-state index contributed by atoms with van der Waals surface area (Å²) in [6.45, 7) is 42.2. The smallest absolute Gasteiger partial charge is 0.383 e. The fourth-order valence-corrected chi connectivity index (χ4v) is 23.6. The summed E-state index contributed by atoms with van der Waals surface area (Å²) in [6.07, 6.45) is 0. The fourth-order valence-electron chi connectivity index (χ4n) is 5.67. The Hall–Kier alpha value is -0.199. The van der Waals surface area contributed by atoms with Crippen LogP contribution in [0.25, 0.3) is 29.9 Å². The minimum atomic E-state index is -1.78. The number of thiophene rings is 4. The van der Waals surface area contributed by atoms with Gasteiger partial charge in [-0.05, 0) is 98.0 Å². The molecule has 0 radical (unpaired) electrons. The highest BCUT2D eigenvalue weighted by Crippen LogP contribution is 2.39. The number of ether oxygens (including phenoxy) is 2. The van der Waals surface area contributed by atoms with Crippen LogP contribution in [0.15, 0.2) is 24.3 Å². The first-order chi connectivity index (χ1) is 26.1. The van der Waals surface area contributed by atoms with Crippen LogP contribution < -0.4 is 23.2 Å². The number of esters is 2. The summed E-state index contributed by atoms with van der Waals surface area (Å²) in [4.78, 5) is 26.5. The standard InChI is InChI=1S/C21H32O2S2Si3.C14H20I2S2Si2.C7H12O2Si/c1-23-21(22)17-13-11-15(26(2,3)4)24-18(13)19-14(20(17)28(8,9)10)12-16(25-19)27(5,6)7;1-19(2,3)11-7-9(15)13(17-11)14-10(16)8-12(18-14)20(4,5)6;1-9-7(8)5-6-10(2,3)4/h11-12H,1-10H3;7-8H,1-6H3;1-4H3. The summed E-state index contributed by atoms with van der Waals surface area (Å²) >= 11 is 13.0. The van der Waals surface area contributed by atoms with Crippen LogP contribution in [0.2, 0.25) is 118 Å². The van der Waals surface area contributed by atoms with Gasteiger partial charge in [0.2, 0.25) is 0 Å². The molecule has 318 valence electrons. The Morgan fingerprint density at radius 1 is 0.517 bits per heavy atom. The average molecular weight is 1180 g/mol. The number of hydrogen-bond donors (Lipinski definition) is 0. The Morgan fingerprint density at radius 3 is 1.19 bits per heavy atom. The molecule has 58 heavy (non-hydrogen) atoms. The predicted molar refractivity (Wildman–Crippen MR) is 300 cm³/mol. The van der Waals surface area contributed by atoms with Crippen LogP contribution in [0.5, 0.6) is 0 Å². The van der Waals surface area contributed by atoms with Crippen molar-refractivity contribution in [3.63, 3.8) is 0 Å². The van der Waals surface area contributed by atoms with Gasteiger partial charge >= 0.3 is 11.9 Å². The molecule has 0 aliphatic rings. The zero-order valence-electron chi connectivity index (χ0n) is 38.3. The average Bonchev–Trinajstić information content (AvgIpc) is 3.85. The summed E-state index contributed by atoms with van der Waals surface area (Å²) in [5, 5.41) is 3.73. The van der Waals surface area contributed by atoms with E-state index in [9.17, 15) is 9.59 Å². The quantitative estimate of drug-likeness (QED) is 0.0705. The number of halogens is 2. The Labute approximate surface area is 399 Å². The third-order valence-corrected chi connectivity index (χ3v) is 33.4. The first-order valence-electron chi connectivity index (χ1n) is 19.5. The first kappa shape index (κ1) is 52.1. The zero-order valence-corrected chi connectivity index (χ0v) is 51.9. The van der Waals surface area contributed by atoms with Crippen LogP contribution in [0.3, 0.4) is 0 Å². The topological polar surface area (TPSA) is 52.6 Å². The van der Waals surface area contributed by atoms with Gasteiger partial charge in [0, 0.05) is 18.4 Å². The van der Waals surface area contributed by atoms with Crippen molar-refractivity contribution in [3.05, 3.63) is 37.0 Å². The van der Waals surface area contributed by atoms with Crippen molar-refractivity contribution in [2.75, 3.05) is 14.2 Å². The van der Waals surface area contributed by atoms with Gasteiger partial charge in [0.05, 0.1) is 79.3 Å². The second-order valence-electron chi connectivity index (χ2n) is 20.8. The Morgan fingerprint density at radius 2 is 0.879 bits per heavy atom. The lowest BCUT2D eigenvalue weighted by Crippen LogP contribution is -2.42. The van der Waals surface area contributed by atoms with Crippen molar-refractivity contribution in [1.29, 1.82) is 0 Å². The van der Waals surface area contributed by atoms with E-state index >= 15 is 0 Å². The van der Waals surface area contributed by atoms with Crippen molar-refractivity contribution in [3.8, 4) is 21.2 Å². The highest BCUT2D eigenvalue weighted by Gasteiger charge is 2.34. The number of methoxy groups -OCH3 is 2. The van der Waals surface area contributed by atoms with E-state index in [0.717, 1.165) is 10.9 Å². The number of hydrogen-bond acceptors (Lipinski definition) is 8. The molecule has 0 N–H and O–H groups in total. The maximum Gasteiger partial charge on any atom is 0.383 e. The molecular formula is C42H64I2O4S4Si6. The van der Waals surface area contributed by atoms with Crippen LogP contribution in [-0.2, 0) is 14.3 Å². The molecule has 0 aliphatic heterocycles. The van der Waals surface area contributed by atoms with E-state index in [1.54, 1.807) is 9.00 Å². The van der Waals surface area contributed by atoms with Gasteiger partial charge in [0.15, 0.2) is 0 Å². The first-order valence-corrected chi connectivity index (χ1v) is 45.9. The molecule has 0 aliphatic carbocycles. The summed E-state index contributed by atoms with van der Waals surface area (Å²) < 4.78 is 21.5. The van der Waals surface area contributed by atoms with Gasteiger partial charge in [-0.2, -0.15) is 0 Å². The number of fused-ring (bicyclic) bond motifs is 3. The van der Waals surface area contributed by atoms with Gasteiger partial charge in [0.25, 0.3) is 0 Å². The number of carbonyl (C=O) groups is 2. The largest absolute Gasteiger partial charge is 0.465 e. The van der Waals surface area contributed by atoms with Crippen LogP contribution in [0.1, 0.15) is 10.4 Å². The third-order valence-electron chi connectivity index (χ3n) is 8.86. The van der Waals surface area contributed by atoms with E-state index < -0.39 is 54.4 Å². The predicted octanol–water partition coefficient (Wildman–Crippen LogP) is 12.4. The van der Waals surface area contributed by atoms with Crippen LogP contribution >= 0.6 is 90.5 Å². The maximum absolute atomic E-state index is 13.0. The van der Waals surface area contributed by atoms with Crippen molar-refractivity contribution in [2.24, 2.45) is 0 Å². The maximum atomic E-state index is 13.0. The fraction of sp³-hybridized carbons (Fsp3) is 0.476. The number of carbonyl (C=O) groups excluding carboxylic acids is 2. The van der Waals surface area contributed by atoms with E-state index in [-0.39, 0.29) is 5.97 Å². The highest BCUT2D eigenvalue weighted by molar-refractivity contribution is 14.1. The molecule has 0 fully saturated rings. The molecule has 1 aromatic carbocycles. The second kappa shape index (κ2) is 19.3. The summed E-state index contributed by atoms with van der Waals surface area (Å²) in [5.74, 6) is 1.80. The molecule has 5 rings (SSSR count). The molecule has 0 spiro atoms. The van der Waals surface area contributed by atoms with Crippen molar-refractivity contribution >= 4 is 194 Å². The minimum absolute atomic E-state index is 0.176. The molecule has 0 atom stereocenters. The monoisotopic (exact) mass is 1180 g/mol. The summed E-state index contributed by atoms with van der Waals surface area (Å²) in [7, 11) is -5.64.